The number of rotatable bonds is 13. The van der Waals surface area contributed by atoms with Crippen molar-refractivity contribution in [3.63, 3.8) is 0 Å². The lowest BCUT2D eigenvalue weighted by atomic mass is 10.1. The Labute approximate surface area is 217 Å². The van der Waals surface area contributed by atoms with Crippen molar-refractivity contribution >= 4 is 37.3 Å². The van der Waals surface area contributed by atoms with E-state index in [4.69, 9.17) is 24.3 Å². The van der Waals surface area contributed by atoms with Gasteiger partial charge in [-0.25, -0.2) is 19.2 Å². The topological polar surface area (TPSA) is 202 Å². The van der Waals surface area contributed by atoms with Crippen LogP contribution in [0, 0.1) is 5.92 Å². The normalized spacial score (nSPS) is 28.8. The average molecular weight is 565 g/mol. The number of nitrogen functional groups attached to an aromatic ring is 1. The van der Waals surface area contributed by atoms with Crippen molar-refractivity contribution in [2.75, 3.05) is 25.6 Å². The van der Waals surface area contributed by atoms with Crippen LogP contribution in [-0.4, -0.2) is 80.6 Å². The largest absolute Gasteiger partial charge is 0.465 e. The Kier molecular flexibility index (Phi) is 9.43. The summed E-state index contributed by atoms with van der Waals surface area (Å²) in [4.78, 5) is 40.2. The van der Waals surface area contributed by atoms with E-state index < -0.39 is 66.5 Å². The van der Waals surface area contributed by atoms with Gasteiger partial charge in [0.05, 0.1) is 18.5 Å². The smallest absolute Gasteiger partial charge is 0.407 e. The molecule has 14 nitrogen and oxygen atoms in total. The second kappa shape index (κ2) is 11.8. The van der Waals surface area contributed by atoms with Crippen LogP contribution in [0.3, 0.4) is 0 Å². The Bertz CT molecular complexity index is 1100. The van der Waals surface area contributed by atoms with Gasteiger partial charge in [0.15, 0.2) is 6.61 Å². The molecule has 1 saturated carbocycles. The number of carbonyl (C=O) groups is 2. The SMILES string of the molecule is CCOC(=O)COP(=O)(N[C@@H](CC(C)C)C(=O)OCC)OC1[C@H]2S[C@@H](n3ccc(N)nc3=O)[C@@H](O)[C@@]12O. The lowest BCUT2D eigenvalue weighted by Crippen LogP contribution is -2.41. The Hall–Kier alpha value is -2.00. The van der Waals surface area contributed by atoms with Gasteiger partial charge >= 0.3 is 25.4 Å². The molecule has 2 heterocycles. The van der Waals surface area contributed by atoms with Crippen molar-refractivity contribution in [3.8, 4) is 0 Å². The molecular weight excluding hydrogens is 531 g/mol. The third-order valence-electron chi connectivity index (χ3n) is 5.74. The van der Waals surface area contributed by atoms with Gasteiger partial charge in [-0.3, -0.25) is 18.4 Å². The number of carbonyl (C=O) groups excluding carboxylic acids is 2. The van der Waals surface area contributed by atoms with E-state index in [1.54, 1.807) is 13.8 Å². The summed E-state index contributed by atoms with van der Waals surface area (Å²) in [7, 11) is -4.44. The molecule has 1 aliphatic carbocycles. The van der Waals surface area contributed by atoms with Crippen LogP contribution < -0.4 is 16.5 Å². The van der Waals surface area contributed by atoms with Crippen LogP contribution >= 0.6 is 19.5 Å². The highest BCUT2D eigenvalue weighted by Gasteiger charge is 2.78. The Morgan fingerprint density at radius 1 is 1.32 bits per heavy atom. The van der Waals surface area contributed by atoms with E-state index in [0.29, 0.717) is 0 Å². The molecular formula is C21H33N4O10PS. The monoisotopic (exact) mass is 564 g/mol. The lowest BCUT2D eigenvalue weighted by molar-refractivity contribution is -0.145. The number of nitrogens with one attached hydrogen (secondary N) is 1. The minimum atomic E-state index is -4.44. The molecule has 2 aliphatic rings. The van der Waals surface area contributed by atoms with E-state index in [2.05, 4.69) is 10.1 Å². The summed E-state index contributed by atoms with van der Waals surface area (Å²) in [5, 5.41) is 22.8. The van der Waals surface area contributed by atoms with Gasteiger partial charge in [0.2, 0.25) is 0 Å². The van der Waals surface area contributed by atoms with Gasteiger partial charge in [-0.05, 0) is 32.3 Å². The molecule has 0 radical (unpaired) electrons. The van der Waals surface area contributed by atoms with Crippen molar-refractivity contribution in [3.05, 3.63) is 22.7 Å². The Balaban J connectivity index is 1.80. The second-order valence-corrected chi connectivity index (χ2v) is 12.0. The van der Waals surface area contributed by atoms with Crippen LogP contribution in [0.1, 0.15) is 39.5 Å². The molecule has 208 valence electrons. The summed E-state index contributed by atoms with van der Waals surface area (Å²) in [6.07, 6.45) is -1.16. The Morgan fingerprint density at radius 2 is 2.00 bits per heavy atom. The third kappa shape index (κ3) is 6.53. The van der Waals surface area contributed by atoms with Crippen LogP contribution in [0.5, 0.6) is 0 Å². The average Bonchev–Trinajstić information content (AvgIpc) is 3.26. The first kappa shape index (κ1) is 29.6. The fourth-order valence-corrected chi connectivity index (χ4v) is 7.50. The molecule has 0 bridgehead atoms. The van der Waals surface area contributed by atoms with Gasteiger partial charge in [-0.15, -0.1) is 11.8 Å². The molecule has 2 fully saturated rings. The van der Waals surface area contributed by atoms with Crippen LogP contribution in [0.25, 0.3) is 0 Å². The molecule has 1 saturated heterocycles. The van der Waals surface area contributed by atoms with E-state index in [9.17, 15) is 29.2 Å². The zero-order valence-electron chi connectivity index (χ0n) is 20.9. The molecule has 1 aromatic heterocycles. The lowest BCUT2D eigenvalue weighted by Gasteiger charge is -2.28. The molecule has 5 N–H and O–H groups in total. The quantitative estimate of drug-likeness (QED) is 0.187. The number of hydrogen-bond donors (Lipinski definition) is 4. The van der Waals surface area contributed by atoms with Crippen LogP contribution in [0.15, 0.2) is 17.1 Å². The van der Waals surface area contributed by atoms with Gasteiger partial charge in [-0.2, -0.15) is 4.98 Å². The van der Waals surface area contributed by atoms with Crippen LogP contribution in [0.2, 0.25) is 0 Å². The molecule has 0 spiro atoms. The zero-order valence-corrected chi connectivity index (χ0v) is 22.6. The van der Waals surface area contributed by atoms with Gasteiger partial charge < -0.3 is 25.4 Å². The molecule has 0 amide bonds. The highest BCUT2D eigenvalue weighted by atomic mass is 32.2. The number of nitrogens with two attached hydrogens (primary N) is 1. The first-order valence-corrected chi connectivity index (χ1v) is 14.3. The molecule has 0 aromatic carbocycles. The van der Waals surface area contributed by atoms with Crippen LogP contribution in [0.4, 0.5) is 5.82 Å². The number of nitrogens with zero attached hydrogens (tertiary/aromatic N) is 2. The summed E-state index contributed by atoms with van der Waals surface area (Å²) in [5.41, 5.74) is 2.91. The summed E-state index contributed by atoms with van der Waals surface area (Å²) < 4.78 is 35.7. The van der Waals surface area contributed by atoms with E-state index >= 15 is 0 Å². The summed E-state index contributed by atoms with van der Waals surface area (Å²) >= 11 is 1.01. The number of ether oxygens (including phenoxy) is 2. The number of thioether (sulfide) groups is 1. The van der Waals surface area contributed by atoms with Gasteiger partial charge in [0.1, 0.15) is 35.0 Å². The fourth-order valence-electron chi connectivity index (χ4n) is 3.97. The predicted molar refractivity (Wildman–Crippen MR) is 132 cm³/mol. The maximum Gasteiger partial charge on any atom is 0.407 e. The van der Waals surface area contributed by atoms with Crippen molar-refractivity contribution in [2.24, 2.45) is 5.92 Å². The van der Waals surface area contributed by atoms with E-state index in [1.165, 1.54) is 12.3 Å². The maximum atomic E-state index is 13.7. The van der Waals surface area contributed by atoms with E-state index in [0.717, 1.165) is 16.3 Å². The molecule has 1 aromatic rings. The van der Waals surface area contributed by atoms with Crippen molar-refractivity contribution in [1.82, 2.24) is 14.6 Å². The molecule has 1 aliphatic heterocycles. The maximum absolute atomic E-state index is 13.7. The molecule has 37 heavy (non-hydrogen) atoms. The third-order valence-corrected chi connectivity index (χ3v) is 9.02. The second-order valence-electron chi connectivity index (χ2n) is 8.99. The first-order chi connectivity index (χ1) is 17.4. The highest BCUT2D eigenvalue weighted by molar-refractivity contribution is 8.00. The Morgan fingerprint density at radius 3 is 2.54 bits per heavy atom. The highest BCUT2D eigenvalue weighted by Crippen LogP contribution is 2.66. The number of aliphatic hydroxyl groups excluding tert-OH is 1. The number of fused-ring (bicyclic) bond motifs is 1. The van der Waals surface area contributed by atoms with E-state index in [1.807, 2.05) is 13.8 Å². The first-order valence-electron chi connectivity index (χ1n) is 11.8. The zero-order chi connectivity index (χ0) is 27.5. The number of hydrogen-bond acceptors (Lipinski definition) is 13. The molecule has 16 heteroatoms. The van der Waals surface area contributed by atoms with Gasteiger partial charge in [-0.1, -0.05) is 13.8 Å². The summed E-state index contributed by atoms with van der Waals surface area (Å²) in [6.45, 7) is 6.28. The number of anilines is 1. The minimum Gasteiger partial charge on any atom is -0.465 e. The molecule has 3 rings (SSSR count). The fraction of sp³-hybridized carbons (Fsp3) is 0.714. The summed E-state index contributed by atoms with van der Waals surface area (Å²) in [5.74, 6) is -1.52. The standard InChI is InChI=1S/C21H33N4O10PS/c1-5-32-14(26)10-34-36(31,24-12(9-11(3)4)19(28)33-6-2)35-16-17-21(16,30)15(27)18(37-17)25-8-7-13(22)23-20(25)29/h7-8,11-12,15-18,27,30H,5-6,9-10H2,1-4H3,(H,24,31)(H2,22,23,29)/t12-,15+,16?,17+,18+,21+,36?/m0/s1. The number of esters is 2. The van der Waals surface area contributed by atoms with Crippen molar-refractivity contribution in [2.45, 2.75) is 68.6 Å². The van der Waals surface area contributed by atoms with Crippen molar-refractivity contribution in [1.29, 1.82) is 0 Å². The van der Waals surface area contributed by atoms with Crippen molar-refractivity contribution < 1.29 is 42.9 Å². The summed E-state index contributed by atoms with van der Waals surface area (Å²) in [6, 6.07) is 0.272. The minimum absolute atomic E-state index is 0.00660. The van der Waals surface area contributed by atoms with Crippen LogP contribution in [-0.2, 0) is 32.7 Å². The van der Waals surface area contributed by atoms with Gasteiger partial charge in [0.25, 0.3) is 0 Å². The predicted octanol–water partition coefficient (Wildman–Crippen LogP) is 0.186. The number of aromatic nitrogens is 2. The number of aliphatic hydroxyl groups is 2. The molecule has 7 atom stereocenters. The van der Waals surface area contributed by atoms with E-state index in [-0.39, 0.29) is 31.4 Å². The molecule has 2 unspecified atom stereocenters. The van der Waals surface area contributed by atoms with Gasteiger partial charge in [0, 0.05) is 6.20 Å².